The van der Waals surface area contributed by atoms with Crippen LogP contribution in [0.1, 0.15) is 5.56 Å². The van der Waals surface area contributed by atoms with Crippen LogP contribution < -0.4 is 5.32 Å². The van der Waals surface area contributed by atoms with Gasteiger partial charge in [-0.2, -0.15) is 0 Å². The van der Waals surface area contributed by atoms with Crippen molar-refractivity contribution >= 4 is 39.1 Å². The van der Waals surface area contributed by atoms with E-state index < -0.39 is 17.5 Å². The quantitative estimate of drug-likeness (QED) is 0.841. The molecule has 1 heterocycles. The number of nitrogens with one attached hydrogen (secondary N) is 1. The summed E-state index contributed by atoms with van der Waals surface area (Å²) in [7, 11) is 0. The summed E-state index contributed by atoms with van der Waals surface area (Å²) >= 11 is 8.90. The van der Waals surface area contributed by atoms with Crippen LogP contribution in [0.25, 0.3) is 0 Å². The molecule has 1 amide bonds. The van der Waals surface area contributed by atoms with Crippen LogP contribution in [0.4, 0.5) is 14.5 Å². The molecule has 20 heavy (non-hydrogen) atoms. The lowest BCUT2D eigenvalue weighted by molar-refractivity contribution is -0.115. The van der Waals surface area contributed by atoms with E-state index in [2.05, 4.69) is 26.2 Å². The molecule has 2 aromatic rings. The van der Waals surface area contributed by atoms with E-state index >= 15 is 0 Å². The van der Waals surface area contributed by atoms with E-state index in [1.54, 1.807) is 6.07 Å². The number of aromatic nitrogens is 1. The first-order valence-corrected chi connectivity index (χ1v) is 6.67. The maximum Gasteiger partial charge on any atom is 0.228 e. The van der Waals surface area contributed by atoms with Crippen molar-refractivity contribution in [3.63, 3.8) is 0 Å². The molecular formula is C13H8BrClF2N2O. The second kappa shape index (κ2) is 6.28. The van der Waals surface area contributed by atoms with Crippen molar-refractivity contribution in [1.82, 2.24) is 4.98 Å². The highest BCUT2D eigenvalue weighted by Crippen LogP contribution is 2.23. The molecule has 1 N–H and O–H groups in total. The number of halogens is 4. The molecule has 3 nitrogen and oxygen atoms in total. The van der Waals surface area contributed by atoms with E-state index in [0.29, 0.717) is 10.2 Å². The van der Waals surface area contributed by atoms with Crippen LogP contribution in [0.5, 0.6) is 0 Å². The molecule has 0 fully saturated rings. The van der Waals surface area contributed by atoms with Crippen molar-refractivity contribution in [2.75, 3.05) is 5.32 Å². The zero-order valence-corrected chi connectivity index (χ0v) is 12.3. The van der Waals surface area contributed by atoms with E-state index in [4.69, 9.17) is 11.6 Å². The third-order valence-electron chi connectivity index (χ3n) is 2.45. The van der Waals surface area contributed by atoms with Crippen molar-refractivity contribution in [2.24, 2.45) is 0 Å². The Morgan fingerprint density at radius 1 is 1.35 bits per heavy atom. The Bertz CT molecular complexity index is 667. The molecule has 0 radical (unpaired) electrons. The predicted octanol–water partition coefficient (Wildman–Crippen LogP) is 3.96. The lowest BCUT2D eigenvalue weighted by Crippen LogP contribution is -2.15. The van der Waals surface area contributed by atoms with Crippen molar-refractivity contribution in [2.45, 2.75) is 6.42 Å². The molecule has 7 heteroatoms. The largest absolute Gasteiger partial charge is 0.324 e. The van der Waals surface area contributed by atoms with Gasteiger partial charge in [0, 0.05) is 6.07 Å². The van der Waals surface area contributed by atoms with Crippen molar-refractivity contribution in [1.29, 1.82) is 0 Å². The van der Waals surface area contributed by atoms with Crippen LogP contribution >= 0.6 is 27.5 Å². The predicted molar refractivity (Wildman–Crippen MR) is 75.6 cm³/mol. The molecule has 1 aromatic carbocycles. The molecule has 0 unspecified atom stereocenters. The molecule has 0 aliphatic carbocycles. The van der Waals surface area contributed by atoms with Gasteiger partial charge in [-0.1, -0.05) is 17.7 Å². The highest BCUT2D eigenvalue weighted by molar-refractivity contribution is 9.10. The van der Waals surface area contributed by atoms with Gasteiger partial charge >= 0.3 is 0 Å². The highest BCUT2D eigenvalue weighted by atomic mass is 79.9. The number of hydrogen-bond acceptors (Lipinski definition) is 2. The smallest absolute Gasteiger partial charge is 0.228 e. The zero-order chi connectivity index (χ0) is 14.7. The minimum absolute atomic E-state index is 0.116. The van der Waals surface area contributed by atoms with Crippen molar-refractivity contribution in [3.05, 3.63) is 57.3 Å². The summed E-state index contributed by atoms with van der Waals surface area (Å²) in [6.07, 6.45) is 1.18. The van der Waals surface area contributed by atoms with Gasteiger partial charge in [-0.15, -0.1) is 0 Å². The number of carbonyl (C=O) groups is 1. The first-order chi connectivity index (χ1) is 9.45. The van der Waals surface area contributed by atoms with Gasteiger partial charge in [-0.05, 0) is 33.6 Å². The second-order valence-electron chi connectivity index (χ2n) is 3.96. The van der Waals surface area contributed by atoms with Crippen molar-refractivity contribution < 1.29 is 13.6 Å². The normalized spacial score (nSPS) is 10.4. The molecule has 0 bridgehead atoms. The standard InChI is InChI=1S/C13H8BrClF2N2O/c14-10-5-9(6-18-13(10)15)19-12(20)3-7-1-2-8(16)4-11(7)17/h1-2,4-6H,3H2,(H,19,20). The van der Waals surface area contributed by atoms with Crippen LogP contribution in [-0.2, 0) is 11.2 Å². The molecule has 2 rings (SSSR count). The summed E-state index contributed by atoms with van der Waals surface area (Å²) in [4.78, 5) is 15.6. The summed E-state index contributed by atoms with van der Waals surface area (Å²) < 4.78 is 26.7. The molecule has 1 aromatic heterocycles. The van der Waals surface area contributed by atoms with Gasteiger partial charge in [0.25, 0.3) is 0 Å². The van der Waals surface area contributed by atoms with Crippen molar-refractivity contribution in [3.8, 4) is 0 Å². The Morgan fingerprint density at radius 3 is 2.75 bits per heavy atom. The maximum atomic E-state index is 13.4. The third-order valence-corrected chi connectivity index (χ3v) is 3.58. The first-order valence-electron chi connectivity index (χ1n) is 5.50. The maximum absolute atomic E-state index is 13.4. The zero-order valence-electron chi connectivity index (χ0n) is 9.96. The van der Waals surface area contributed by atoms with Gasteiger partial charge in [-0.25, -0.2) is 13.8 Å². The monoisotopic (exact) mass is 360 g/mol. The number of amides is 1. The van der Waals surface area contributed by atoms with E-state index in [0.717, 1.165) is 12.1 Å². The number of benzene rings is 1. The number of anilines is 1. The molecule has 0 saturated carbocycles. The summed E-state index contributed by atoms with van der Waals surface area (Å²) in [5.41, 5.74) is 0.540. The van der Waals surface area contributed by atoms with Gasteiger partial charge in [0.1, 0.15) is 16.8 Å². The fraction of sp³-hybridized carbons (Fsp3) is 0.0769. The van der Waals surface area contributed by atoms with Crippen LogP contribution in [0.3, 0.4) is 0 Å². The number of hydrogen-bond donors (Lipinski definition) is 1. The number of pyridine rings is 1. The summed E-state index contributed by atoms with van der Waals surface area (Å²) in [5.74, 6) is -1.88. The van der Waals surface area contributed by atoms with E-state index in [1.807, 2.05) is 0 Å². The molecule has 0 spiro atoms. The van der Waals surface area contributed by atoms with Crippen LogP contribution in [0, 0.1) is 11.6 Å². The fourth-order valence-corrected chi connectivity index (χ4v) is 1.99. The fourth-order valence-electron chi connectivity index (χ4n) is 1.53. The van der Waals surface area contributed by atoms with Gasteiger partial charge in [0.05, 0.1) is 22.8 Å². The Morgan fingerprint density at radius 2 is 2.10 bits per heavy atom. The minimum atomic E-state index is -0.754. The Hall–Kier alpha value is -1.53. The van der Waals surface area contributed by atoms with E-state index in [-0.39, 0.29) is 17.1 Å². The summed E-state index contributed by atoms with van der Waals surface area (Å²) in [6.45, 7) is 0. The second-order valence-corrected chi connectivity index (χ2v) is 5.17. The molecule has 104 valence electrons. The topological polar surface area (TPSA) is 42.0 Å². The van der Waals surface area contributed by atoms with Crippen LogP contribution in [0.15, 0.2) is 34.9 Å². The molecule has 0 atom stereocenters. The SMILES string of the molecule is O=C(Cc1ccc(F)cc1F)Nc1cnc(Cl)c(Br)c1. The molecular weight excluding hydrogens is 354 g/mol. The number of rotatable bonds is 3. The Kier molecular flexibility index (Phi) is 4.67. The molecule has 0 aliphatic rings. The van der Waals surface area contributed by atoms with Gasteiger partial charge in [-0.3, -0.25) is 4.79 Å². The molecule has 0 saturated heterocycles. The summed E-state index contributed by atoms with van der Waals surface area (Å²) in [6, 6.07) is 4.66. The Balaban J connectivity index is 2.07. The summed E-state index contributed by atoms with van der Waals surface area (Å²) in [5, 5.41) is 2.82. The number of nitrogens with zero attached hydrogens (tertiary/aromatic N) is 1. The first kappa shape index (κ1) is 14.9. The molecule has 0 aliphatic heterocycles. The van der Waals surface area contributed by atoms with Gasteiger partial charge in [0.15, 0.2) is 0 Å². The lowest BCUT2D eigenvalue weighted by Gasteiger charge is -2.06. The lowest BCUT2D eigenvalue weighted by atomic mass is 10.1. The number of carbonyl (C=O) groups excluding carboxylic acids is 1. The van der Waals surface area contributed by atoms with Gasteiger partial charge < -0.3 is 5.32 Å². The highest BCUT2D eigenvalue weighted by Gasteiger charge is 2.10. The Labute approximate surface area is 127 Å². The average molecular weight is 362 g/mol. The minimum Gasteiger partial charge on any atom is -0.324 e. The van der Waals surface area contributed by atoms with E-state index in [1.165, 1.54) is 12.3 Å². The van der Waals surface area contributed by atoms with E-state index in [9.17, 15) is 13.6 Å². The van der Waals surface area contributed by atoms with Gasteiger partial charge in [0.2, 0.25) is 5.91 Å². The average Bonchev–Trinajstić information content (AvgIpc) is 2.37. The van der Waals surface area contributed by atoms with Crippen LogP contribution in [0.2, 0.25) is 5.15 Å². The van der Waals surface area contributed by atoms with Crippen LogP contribution in [-0.4, -0.2) is 10.9 Å². The third kappa shape index (κ3) is 3.74.